The number of amides is 1. The van der Waals surface area contributed by atoms with E-state index in [-0.39, 0.29) is 11.9 Å². The molecule has 0 unspecified atom stereocenters. The lowest BCUT2D eigenvalue weighted by molar-refractivity contribution is 0.0943. The fraction of sp³-hybridized carbons (Fsp3) is 0.261. The van der Waals surface area contributed by atoms with Crippen LogP contribution in [0.2, 0.25) is 0 Å². The van der Waals surface area contributed by atoms with Gasteiger partial charge in [0.05, 0.1) is 0 Å². The summed E-state index contributed by atoms with van der Waals surface area (Å²) in [6, 6.07) is 13.5. The van der Waals surface area contributed by atoms with Crippen molar-refractivity contribution in [1.29, 1.82) is 0 Å². The van der Waals surface area contributed by atoms with E-state index in [1.807, 2.05) is 32.0 Å². The summed E-state index contributed by atoms with van der Waals surface area (Å²) in [6.07, 6.45) is 1.71. The van der Waals surface area contributed by atoms with Crippen LogP contribution in [0.1, 0.15) is 40.9 Å². The molecule has 0 saturated heterocycles. The van der Waals surface area contributed by atoms with E-state index in [1.165, 1.54) is 16.7 Å². The van der Waals surface area contributed by atoms with E-state index in [9.17, 15) is 4.79 Å². The minimum Gasteiger partial charge on any atom is -0.350 e. The number of aromatic nitrogens is 2. The molecule has 0 aliphatic rings. The van der Waals surface area contributed by atoms with Crippen molar-refractivity contribution in [3.63, 3.8) is 0 Å². The Morgan fingerprint density at radius 3 is 2.21 bits per heavy atom. The lowest BCUT2D eigenvalue weighted by Gasteiger charge is -2.14. The van der Waals surface area contributed by atoms with E-state index in [0.29, 0.717) is 17.3 Å². The van der Waals surface area contributed by atoms with E-state index >= 15 is 0 Å². The molecule has 0 aliphatic carbocycles. The number of benzene rings is 2. The first-order valence-electron chi connectivity index (χ1n) is 9.67. The van der Waals surface area contributed by atoms with Crippen molar-refractivity contribution in [2.45, 2.75) is 40.7 Å². The monoisotopic (exact) mass is 389 g/mol. The van der Waals surface area contributed by atoms with Crippen LogP contribution in [0.4, 0.5) is 23.1 Å². The molecule has 1 aromatic heterocycles. The second-order valence-corrected chi connectivity index (χ2v) is 7.49. The van der Waals surface area contributed by atoms with Gasteiger partial charge in [-0.1, -0.05) is 17.7 Å². The Bertz CT molecular complexity index is 989. The van der Waals surface area contributed by atoms with Gasteiger partial charge in [0.2, 0.25) is 5.95 Å². The summed E-state index contributed by atoms with van der Waals surface area (Å²) in [5.41, 5.74) is 6.07. The average molecular weight is 390 g/mol. The number of carbonyl (C=O) groups is 1. The molecular formula is C23H27N5O. The van der Waals surface area contributed by atoms with Crippen LogP contribution in [0.25, 0.3) is 0 Å². The SMILES string of the molecule is Cc1cc(C)c(Nc2ccnc(Nc3ccc(C(=O)NC(C)C)cc3)n2)c(C)c1. The topological polar surface area (TPSA) is 78.9 Å². The maximum atomic E-state index is 12.1. The first-order valence-corrected chi connectivity index (χ1v) is 9.67. The zero-order valence-corrected chi connectivity index (χ0v) is 17.5. The van der Waals surface area contributed by atoms with Crippen molar-refractivity contribution in [1.82, 2.24) is 15.3 Å². The fourth-order valence-electron chi connectivity index (χ4n) is 3.17. The molecule has 3 N–H and O–H groups in total. The second-order valence-electron chi connectivity index (χ2n) is 7.49. The maximum Gasteiger partial charge on any atom is 0.251 e. The van der Waals surface area contributed by atoms with Crippen molar-refractivity contribution >= 4 is 29.0 Å². The average Bonchev–Trinajstić information content (AvgIpc) is 2.65. The molecule has 0 radical (unpaired) electrons. The summed E-state index contributed by atoms with van der Waals surface area (Å²) in [6.45, 7) is 10.1. The Labute approximate surface area is 171 Å². The van der Waals surface area contributed by atoms with Crippen LogP contribution in [0.3, 0.4) is 0 Å². The number of aryl methyl sites for hydroxylation is 3. The number of rotatable bonds is 6. The summed E-state index contributed by atoms with van der Waals surface area (Å²) >= 11 is 0. The van der Waals surface area contributed by atoms with E-state index < -0.39 is 0 Å². The third-order valence-corrected chi connectivity index (χ3v) is 4.41. The first-order chi connectivity index (χ1) is 13.8. The van der Waals surface area contributed by atoms with E-state index in [4.69, 9.17) is 0 Å². The Hall–Kier alpha value is -3.41. The fourth-order valence-corrected chi connectivity index (χ4v) is 3.17. The minimum absolute atomic E-state index is 0.0853. The molecular weight excluding hydrogens is 362 g/mol. The van der Waals surface area contributed by atoms with Gasteiger partial charge in [-0.25, -0.2) is 4.98 Å². The highest BCUT2D eigenvalue weighted by Crippen LogP contribution is 2.25. The van der Waals surface area contributed by atoms with Gasteiger partial charge in [-0.05, 0) is 76.1 Å². The Morgan fingerprint density at radius 1 is 0.931 bits per heavy atom. The van der Waals surface area contributed by atoms with Crippen molar-refractivity contribution < 1.29 is 4.79 Å². The van der Waals surface area contributed by atoms with Gasteiger partial charge in [-0.15, -0.1) is 0 Å². The third kappa shape index (κ3) is 5.31. The van der Waals surface area contributed by atoms with Gasteiger partial charge < -0.3 is 16.0 Å². The molecule has 0 saturated carbocycles. The number of hydrogen-bond donors (Lipinski definition) is 3. The highest BCUT2D eigenvalue weighted by molar-refractivity contribution is 5.94. The van der Waals surface area contributed by atoms with Crippen LogP contribution in [0.15, 0.2) is 48.7 Å². The summed E-state index contributed by atoms with van der Waals surface area (Å²) in [5, 5.41) is 9.45. The van der Waals surface area contributed by atoms with Crippen LogP contribution < -0.4 is 16.0 Å². The Morgan fingerprint density at radius 2 is 1.59 bits per heavy atom. The molecule has 1 amide bonds. The summed E-state index contributed by atoms with van der Waals surface area (Å²) < 4.78 is 0. The van der Waals surface area contributed by atoms with Crippen LogP contribution in [0.5, 0.6) is 0 Å². The molecule has 0 aliphatic heterocycles. The Balaban J connectivity index is 1.73. The zero-order valence-electron chi connectivity index (χ0n) is 17.5. The Kier molecular flexibility index (Phi) is 6.12. The lowest BCUT2D eigenvalue weighted by Crippen LogP contribution is -2.29. The van der Waals surface area contributed by atoms with Gasteiger partial charge in [0.25, 0.3) is 5.91 Å². The molecule has 6 heteroatoms. The van der Waals surface area contributed by atoms with Crippen molar-refractivity contribution in [3.05, 3.63) is 70.9 Å². The van der Waals surface area contributed by atoms with Crippen molar-refractivity contribution in [2.24, 2.45) is 0 Å². The zero-order chi connectivity index (χ0) is 21.0. The molecule has 0 bridgehead atoms. The molecule has 2 aromatic carbocycles. The second kappa shape index (κ2) is 8.73. The van der Waals surface area contributed by atoms with Gasteiger partial charge in [-0.2, -0.15) is 4.98 Å². The normalized spacial score (nSPS) is 10.7. The smallest absolute Gasteiger partial charge is 0.251 e. The minimum atomic E-state index is -0.0853. The molecule has 3 rings (SSSR count). The summed E-state index contributed by atoms with van der Waals surface area (Å²) in [7, 11) is 0. The van der Waals surface area contributed by atoms with E-state index in [1.54, 1.807) is 18.3 Å². The molecule has 6 nitrogen and oxygen atoms in total. The summed E-state index contributed by atoms with van der Waals surface area (Å²) in [4.78, 5) is 20.9. The first kappa shape index (κ1) is 20.3. The standard InChI is InChI=1S/C23H27N5O/c1-14(2)25-22(29)18-6-8-19(9-7-18)26-23-24-11-10-20(28-23)27-21-16(4)12-15(3)13-17(21)5/h6-14H,1-5H3,(H,25,29)(H2,24,26,27,28). The third-order valence-electron chi connectivity index (χ3n) is 4.41. The number of carbonyl (C=O) groups excluding carboxylic acids is 1. The molecule has 1 heterocycles. The number of nitrogens with zero attached hydrogens (tertiary/aromatic N) is 2. The summed E-state index contributed by atoms with van der Waals surface area (Å²) in [5.74, 6) is 1.11. The van der Waals surface area contributed by atoms with E-state index in [0.717, 1.165) is 11.4 Å². The highest BCUT2D eigenvalue weighted by Gasteiger charge is 2.08. The maximum absolute atomic E-state index is 12.1. The predicted octanol–water partition coefficient (Wildman–Crippen LogP) is 5.03. The predicted molar refractivity (Wildman–Crippen MR) is 118 cm³/mol. The number of nitrogens with one attached hydrogen (secondary N) is 3. The largest absolute Gasteiger partial charge is 0.350 e. The molecule has 29 heavy (non-hydrogen) atoms. The van der Waals surface area contributed by atoms with Crippen LogP contribution in [-0.2, 0) is 0 Å². The van der Waals surface area contributed by atoms with E-state index in [2.05, 4.69) is 58.8 Å². The lowest BCUT2D eigenvalue weighted by atomic mass is 10.1. The molecule has 0 spiro atoms. The van der Waals surface area contributed by atoms with Gasteiger partial charge >= 0.3 is 0 Å². The molecule has 0 atom stereocenters. The van der Waals surface area contributed by atoms with Gasteiger partial charge in [0, 0.05) is 29.2 Å². The van der Waals surface area contributed by atoms with Gasteiger partial charge in [0.1, 0.15) is 5.82 Å². The molecule has 0 fully saturated rings. The van der Waals surface area contributed by atoms with Crippen LogP contribution in [-0.4, -0.2) is 21.9 Å². The van der Waals surface area contributed by atoms with Crippen molar-refractivity contribution in [2.75, 3.05) is 10.6 Å². The molecule has 150 valence electrons. The van der Waals surface area contributed by atoms with Crippen LogP contribution in [0, 0.1) is 20.8 Å². The van der Waals surface area contributed by atoms with Crippen LogP contribution >= 0.6 is 0 Å². The number of hydrogen-bond acceptors (Lipinski definition) is 5. The van der Waals surface area contributed by atoms with Gasteiger partial charge in [0.15, 0.2) is 0 Å². The molecule has 3 aromatic rings. The van der Waals surface area contributed by atoms with Gasteiger partial charge in [-0.3, -0.25) is 4.79 Å². The highest BCUT2D eigenvalue weighted by atomic mass is 16.1. The number of anilines is 4. The quantitative estimate of drug-likeness (QED) is 0.551. The van der Waals surface area contributed by atoms with Crippen molar-refractivity contribution in [3.8, 4) is 0 Å².